The molecule has 0 heterocycles. The van der Waals surface area contributed by atoms with Crippen LogP contribution in [0.15, 0.2) is 11.1 Å². The molecule has 0 aromatic rings. The molecule has 0 spiro atoms. The van der Waals surface area contributed by atoms with Crippen molar-refractivity contribution in [1.82, 2.24) is 0 Å². The Hall–Kier alpha value is -0.500. The van der Waals surface area contributed by atoms with Crippen LogP contribution in [0.25, 0.3) is 0 Å². The average molecular weight is 188 g/mol. The molecule has 1 amide bonds. The van der Waals surface area contributed by atoms with E-state index in [4.69, 9.17) is 17.3 Å². The highest BCUT2D eigenvalue weighted by Gasteiger charge is 2.28. The maximum absolute atomic E-state index is 10.8. The fraction of sp³-hybridized carbons (Fsp3) is 0.667. The van der Waals surface area contributed by atoms with Crippen LogP contribution in [-0.4, -0.2) is 11.3 Å². The van der Waals surface area contributed by atoms with Gasteiger partial charge in [-0.15, -0.1) is 11.6 Å². The second-order valence-corrected chi connectivity index (χ2v) is 3.88. The Kier molecular flexibility index (Phi) is 2.78. The molecule has 2 N–H and O–H groups in total. The van der Waals surface area contributed by atoms with E-state index >= 15 is 0 Å². The highest BCUT2D eigenvalue weighted by atomic mass is 35.5. The highest BCUT2D eigenvalue weighted by molar-refractivity contribution is 6.32. The quantitative estimate of drug-likeness (QED) is 0.520. The van der Waals surface area contributed by atoms with Gasteiger partial charge < -0.3 is 5.73 Å². The van der Waals surface area contributed by atoms with Gasteiger partial charge in [-0.05, 0) is 31.3 Å². The maximum Gasteiger partial charge on any atom is 0.239 e. The first kappa shape index (κ1) is 9.59. The molecule has 1 rings (SSSR count). The molecular weight excluding hydrogens is 174 g/mol. The third kappa shape index (κ3) is 1.63. The lowest BCUT2D eigenvalue weighted by Gasteiger charge is -2.13. The molecule has 0 radical (unpaired) electrons. The smallest absolute Gasteiger partial charge is 0.239 e. The minimum absolute atomic E-state index is 0.417. The summed E-state index contributed by atoms with van der Waals surface area (Å²) in [6, 6.07) is 0. The van der Waals surface area contributed by atoms with Crippen LogP contribution in [0.2, 0.25) is 0 Å². The molecule has 3 heteroatoms. The first-order valence-corrected chi connectivity index (χ1v) is 4.60. The van der Waals surface area contributed by atoms with Crippen LogP contribution < -0.4 is 5.73 Å². The van der Waals surface area contributed by atoms with Gasteiger partial charge in [0, 0.05) is 0 Å². The van der Waals surface area contributed by atoms with Gasteiger partial charge in [-0.1, -0.05) is 12.5 Å². The molecule has 0 bridgehead atoms. The molecule has 2 atom stereocenters. The van der Waals surface area contributed by atoms with Gasteiger partial charge in [-0.25, -0.2) is 0 Å². The topological polar surface area (TPSA) is 43.1 Å². The Bertz CT molecular complexity index is 235. The molecule has 12 heavy (non-hydrogen) atoms. The lowest BCUT2D eigenvalue weighted by molar-refractivity contribution is -0.117. The second-order valence-electron chi connectivity index (χ2n) is 3.44. The molecule has 68 valence electrons. The molecule has 0 aliphatic heterocycles. The summed E-state index contributed by atoms with van der Waals surface area (Å²) in [4.78, 5) is 10.8. The van der Waals surface area contributed by atoms with Gasteiger partial charge in [0.25, 0.3) is 0 Å². The summed E-state index contributed by atoms with van der Waals surface area (Å²) in [5.74, 6) is -0.0141. The number of amides is 1. The highest BCUT2D eigenvalue weighted by Crippen LogP contribution is 2.35. The Balaban J connectivity index is 2.85. The number of allylic oxidation sites excluding steroid dienone is 1. The van der Waals surface area contributed by atoms with Crippen LogP contribution in [-0.2, 0) is 4.79 Å². The summed E-state index contributed by atoms with van der Waals surface area (Å²) in [5, 5.41) is -0.595. The zero-order valence-corrected chi connectivity index (χ0v) is 8.19. The van der Waals surface area contributed by atoms with E-state index in [9.17, 15) is 4.79 Å². The van der Waals surface area contributed by atoms with Crippen molar-refractivity contribution in [3.05, 3.63) is 11.1 Å². The van der Waals surface area contributed by atoms with Crippen LogP contribution in [0, 0.1) is 5.92 Å². The third-order valence-electron chi connectivity index (χ3n) is 2.50. The number of primary amides is 1. The fourth-order valence-corrected chi connectivity index (χ4v) is 2.17. The van der Waals surface area contributed by atoms with Crippen molar-refractivity contribution in [2.24, 2.45) is 11.7 Å². The van der Waals surface area contributed by atoms with Crippen molar-refractivity contribution < 1.29 is 4.79 Å². The summed E-state index contributed by atoms with van der Waals surface area (Å²) >= 11 is 5.88. The number of hydrogen-bond acceptors (Lipinski definition) is 1. The molecule has 2 unspecified atom stereocenters. The fourth-order valence-electron chi connectivity index (χ4n) is 1.77. The zero-order chi connectivity index (χ0) is 9.30. The largest absolute Gasteiger partial charge is 0.368 e. The normalized spacial score (nSPS) is 26.1. The van der Waals surface area contributed by atoms with Crippen LogP contribution >= 0.6 is 11.6 Å². The standard InChI is InChI=1S/C9H14ClNO/c1-5-3-4-6(2)7(5)8(10)9(11)12/h5,8H,3-4H2,1-2H3,(H2,11,12). The van der Waals surface area contributed by atoms with Gasteiger partial charge >= 0.3 is 0 Å². The number of nitrogens with two attached hydrogens (primary N) is 1. The molecule has 2 nitrogen and oxygen atoms in total. The van der Waals surface area contributed by atoms with Crippen LogP contribution in [0.1, 0.15) is 26.7 Å². The number of rotatable bonds is 2. The van der Waals surface area contributed by atoms with E-state index in [1.165, 1.54) is 5.57 Å². The minimum Gasteiger partial charge on any atom is -0.368 e. The molecule has 0 saturated carbocycles. The SMILES string of the molecule is CC1=C(C(Cl)C(N)=O)C(C)CC1. The van der Waals surface area contributed by atoms with Gasteiger partial charge in [0.2, 0.25) is 5.91 Å². The van der Waals surface area contributed by atoms with E-state index in [0.29, 0.717) is 5.92 Å². The number of hydrogen-bond donors (Lipinski definition) is 1. The summed E-state index contributed by atoms with van der Waals surface area (Å²) in [6.07, 6.45) is 2.14. The first-order valence-electron chi connectivity index (χ1n) is 4.17. The third-order valence-corrected chi connectivity index (χ3v) is 2.95. The molecule has 0 aromatic carbocycles. The number of carbonyl (C=O) groups excluding carboxylic acids is 1. The molecule has 0 aromatic heterocycles. The molecule has 1 aliphatic carbocycles. The summed E-state index contributed by atoms with van der Waals surface area (Å²) in [6.45, 7) is 4.11. The van der Waals surface area contributed by atoms with E-state index in [0.717, 1.165) is 18.4 Å². The summed E-state index contributed by atoms with van der Waals surface area (Å²) in [5.41, 5.74) is 7.42. The Morgan fingerprint density at radius 2 is 2.33 bits per heavy atom. The predicted octanol–water partition coefficient (Wildman–Crippen LogP) is 1.83. The summed E-state index contributed by atoms with van der Waals surface area (Å²) in [7, 11) is 0. The van der Waals surface area contributed by atoms with Crippen LogP contribution in [0.3, 0.4) is 0 Å². The first-order chi connectivity index (χ1) is 5.54. The van der Waals surface area contributed by atoms with Crippen molar-refractivity contribution in [3.63, 3.8) is 0 Å². The van der Waals surface area contributed by atoms with Crippen LogP contribution in [0.5, 0.6) is 0 Å². The van der Waals surface area contributed by atoms with Crippen LogP contribution in [0.4, 0.5) is 0 Å². The van der Waals surface area contributed by atoms with E-state index < -0.39 is 11.3 Å². The lowest BCUT2D eigenvalue weighted by Crippen LogP contribution is -2.27. The Morgan fingerprint density at radius 3 is 2.67 bits per heavy atom. The lowest BCUT2D eigenvalue weighted by atomic mass is 9.99. The van der Waals surface area contributed by atoms with Gasteiger partial charge in [0.05, 0.1) is 0 Å². The number of alkyl halides is 1. The van der Waals surface area contributed by atoms with Crippen molar-refractivity contribution in [3.8, 4) is 0 Å². The van der Waals surface area contributed by atoms with Gasteiger partial charge in [-0.2, -0.15) is 0 Å². The number of carbonyl (C=O) groups is 1. The van der Waals surface area contributed by atoms with Crippen molar-refractivity contribution in [1.29, 1.82) is 0 Å². The zero-order valence-electron chi connectivity index (χ0n) is 7.43. The Morgan fingerprint density at radius 1 is 1.75 bits per heavy atom. The van der Waals surface area contributed by atoms with Gasteiger partial charge in [-0.3, -0.25) is 4.79 Å². The minimum atomic E-state index is -0.595. The van der Waals surface area contributed by atoms with E-state index in [2.05, 4.69) is 6.92 Å². The molecule has 1 aliphatic rings. The molecular formula is C9H14ClNO. The van der Waals surface area contributed by atoms with Crippen molar-refractivity contribution in [2.75, 3.05) is 0 Å². The predicted molar refractivity (Wildman–Crippen MR) is 49.9 cm³/mol. The molecule has 0 fully saturated rings. The van der Waals surface area contributed by atoms with Gasteiger partial charge in [0.15, 0.2) is 0 Å². The molecule has 0 saturated heterocycles. The van der Waals surface area contributed by atoms with Crippen molar-refractivity contribution >= 4 is 17.5 Å². The van der Waals surface area contributed by atoms with Crippen molar-refractivity contribution in [2.45, 2.75) is 32.1 Å². The summed E-state index contributed by atoms with van der Waals surface area (Å²) < 4.78 is 0. The number of halogens is 1. The monoisotopic (exact) mass is 187 g/mol. The second kappa shape index (κ2) is 3.48. The Labute approximate surface area is 77.8 Å². The average Bonchev–Trinajstić information content (AvgIpc) is 2.30. The van der Waals surface area contributed by atoms with E-state index in [-0.39, 0.29) is 0 Å². The van der Waals surface area contributed by atoms with E-state index in [1.54, 1.807) is 0 Å². The van der Waals surface area contributed by atoms with Gasteiger partial charge in [0.1, 0.15) is 5.38 Å². The van der Waals surface area contributed by atoms with E-state index in [1.807, 2.05) is 6.92 Å². The maximum atomic E-state index is 10.8.